The summed E-state index contributed by atoms with van der Waals surface area (Å²) in [6.07, 6.45) is 11.5. The third-order valence-electron chi connectivity index (χ3n) is 7.46. The van der Waals surface area contributed by atoms with Gasteiger partial charge in [-0.3, -0.25) is 4.90 Å². The number of hydrogen-bond acceptors (Lipinski definition) is 3. The first-order valence-electron chi connectivity index (χ1n) is 13.5. The average molecular weight is 559 g/mol. The fourth-order valence-corrected chi connectivity index (χ4v) is 6.14. The Morgan fingerprint density at radius 3 is 2.22 bits per heavy atom. The highest BCUT2D eigenvalue weighted by Gasteiger charge is 2.31. The molecule has 1 aliphatic carbocycles. The summed E-state index contributed by atoms with van der Waals surface area (Å²) in [5.41, 5.74) is 6.73. The van der Waals surface area contributed by atoms with E-state index >= 15 is 0 Å². The number of halogens is 1. The van der Waals surface area contributed by atoms with Crippen LogP contribution >= 0.6 is 15.9 Å². The van der Waals surface area contributed by atoms with Crippen LogP contribution in [0.1, 0.15) is 60.4 Å². The van der Waals surface area contributed by atoms with Gasteiger partial charge in [0.25, 0.3) is 0 Å². The Morgan fingerprint density at radius 2 is 1.51 bits per heavy atom. The van der Waals surface area contributed by atoms with E-state index in [0.717, 1.165) is 41.2 Å². The monoisotopic (exact) mass is 557 g/mol. The first kappa shape index (κ1) is 25.8. The molecule has 0 bridgehead atoms. The van der Waals surface area contributed by atoms with Crippen LogP contribution in [-0.2, 0) is 0 Å². The molecule has 0 saturated carbocycles. The Hall–Kier alpha value is -2.82. The van der Waals surface area contributed by atoms with Gasteiger partial charge in [0.2, 0.25) is 0 Å². The standard InChI is InChI=1S/C33H36BrNO2/c1-3-36-29-20-24(21-30(23-29)37-4-2)8-7-17-35-18-15-27(16-19-35)33-31-10-6-5-9-25(31)11-12-26-13-14-28(34)22-32(26)33/h5-14,20-23,27,33H,3-4,15-19H2,1-2H3. The van der Waals surface area contributed by atoms with E-state index in [9.17, 15) is 0 Å². The van der Waals surface area contributed by atoms with Gasteiger partial charge in [-0.1, -0.05) is 70.6 Å². The van der Waals surface area contributed by atoms with Gasteiger partial charge in [0, 0.05) is 23.0 Å². The summed E-state index contributed by atoms with van der Waals surface area (Å²) in [7, 11) is 0. The van der Waals surface area contributed by atoms with Crippen LogP contribution in [0.5, 0.6) is 11.5 Å². The lowest BCUT2D eigenvalue weighted by molar-refractivity contribution is 0.190. The highest BCUT2D eigenvalue weighted by molar-refractivity contribution is 9.10. The quantitative estimate of drug-likeness (QED) is 0.278. The maximum absolute atomic E-state index is 5.73. The number of benzene rings is 3. The van der Waals surface area contributed by atoms with E-state index in [-0.39, 0.29) is 0 Å². The third-order valence-corrected chi connectivity index (χ3v) is 7.95. The Morgan fingerprint density at radius 1 is 0.838 bits per heavy atom. The molecular formula is C33H36BrNO2. The van der Waals surface area contributed by atoms with Crippen molar-refractivity contribution >= 4 is 34.2 Å². The second-order valence-corrected chi connectivity index (χ2v) is 10.8. The van der Waals surface area contributed by atoms with Crippen molar-refractivity contribution in [3.8, 4) is 11.5 Å². The topological polar surface area (TPSA) is 21.7 Å². The SMILES string of the molecule is CCOc1cc(C=CCN2CCC(C3c4ccccc4C=Cc4ccc(Br)cc43)CC2)cc(OCC)c1. The highest BCUT2D eigenvalue weighted by Crippen LogP contribution is 2.43. The van der Waals surface area contributed by atoms with Crippen LogP contribution in [0, 0.1) is 5.92 Å². The number of likely N-dealkylation sites (tertiary alicyclic amines) is 1. The van der Waals surface area contributed by atoms with E-state index in [4.69, 9.17) is 9.47 Å². The molecule has 1 atom stereocenters. The van der Waals surface area contributed by atoms with Gasteiger partial charge in [-0.25, -0.2) is 0 Å². The number of piperidine rings is 1. The molecule has 4 heteroatoms. The molecule has 0 aromatic heterocycles. The summed E-state index contributed by atoms with van der Waals surface area (Å²) in [5, 5.41) is 0. The van der Waals surface area contributed by atoms with Gasteiger partial charge >= 0.3 is 0 Å². The fourth-order valence-electron chi connectivity index (χ4n) is 5.76. The second-order valence-electron chi connectivity index (χ2n) is 9.86. The van der Waals surface area contributed by atoms with E-state index in [2.05, 4.69) is 99.7 Å². The van der Waals surface area contributed by atoms with Crippen LogP contribution in [-0.4, -0.2) is 37.7 Å². The van der Waals surface area contributed by atoms with E-state index in [1.54, 1.807) is 0 Å². The summed E-state index contributed by atoms with van der Waals surface area (Å²) >= 11 is 3.74. The maximum Gasteiger partial charge on any atom is 0.123 e. The molecular weight excluding hydrogens is 522 g/mol. The molecule has 1 fully saturated rings. The zero-order valence-corrected chi connectivity index (χ0v) is 23.4. The van der Waals surface area contributed by atoms with Crippen molar-refractivity contribution in [2.45, 2.75) is 32.6 Å². The molecule has 0 amide bonds. The number of fused-ring (bicyclic) bond motifs is 2. The molecule has 1 aliphatic heterocycles. The molecule has 3 nitrogen and oxygen atoms in total. The van der Waals surface area contributed by atoms with Gasteiger partial charge in [-0.15, -0.1) is 0 Å². The van der Waals surface area contributed by atoms with Gasteiger partial charge in [-0.05, 0) is 97.8 Å². The number of ether oxygens (including phenoxy) is 2. The van der Waals surface area contributed by atoms with Crippen molar-refractivity contribution in [1.82, 2.24) is 4.90 Å². The summed E-state index contributed by atoms with van der Waals surface area (Å²) in [5.74, 6) is 2.78. The third kappa shape index (κ3) is 6.19. The van der Waals surface area contributed by atoms with Crippen molar-refractivity contribution in [1.29, 1.82) is 0 Å². The second kappa shape index (κ2) is 12.1. The predicted octanol–water partition coefficient (Wildman–Crippen LogP) is 8.29. The van der Waals surface area contributed by atoms with Crippen molar-refractivity contribution in [3.63, 3.8) is 0 Å². The van der Waals surface area contributed by atoms with Gasteiger partial charge in [0.05, 0.1) is 13.2 Å². The molecule has 2 aliphatic rings. The lowest BCUT2D eigenvalue weighted by atomic mass is 9.74. The van der Waals surface area contributed by atoms with Crippen LogP contribution < -0.4 is 9.47 Å². The van der Waals surface area contributed by atoms with Crippen LogP contribution in [0.2, 0.25) is 0 Å². The van der Waals surface area contributed by atoms with Crippen LogP contribution in [0.15, 0.2) is 71.2 Å². The smallest absolute Gasteiger partial charge is 0.123 e. The minimum atomic E-state index is 0.426. The Bertz CT molecular complexity index is 1250. The summed E-state index contributed by atoms with van der Waals surface area (Å²) in [6, 6.07) is 21.8. The van der Waals surface area contributed by atoms with E-state index < -0.39 is 0 Å². The molecule has 5 rings (SSSR count). The molecule has 1 heterocycles. The van der Waals surface area contributed by atoms with Gasteiger partial charge < -0.3 is 9.47 Å². The summed E-state index contributed by atoms with van der Waals surface area (Å²) in [6.45, 7) is 8.51. The van der Waals surface area contributed by atoms with Gasteiger partial charge in [0.1, 0.15) is 11.5 Å². The summed E-state index contributed by atoms with van der Waals surface area (Å²) in [4.78, 5) is 2.57. The minimum Gasteiger partial charge on any atom is -0.494 e. The largest absolute Gasteiger partial charge is 0.494 e. The molecule has 3 aromatic carbocycles. The van der Waals surface area contributed by atoms with Crippen LogP contribution in [0.3, 0.4) is 0 Å². The van der Waals surface area contributed by atoms with E-state index in [1.807, 2.05) is 19.9 Å². The normalized spacial score (nSPS) is 17.9. The molecule has 37 heavy (non-hydrogen) atoms. The Labute approximate surface area is 229 Å². The molecule has 1 unspecified atom stereocenters. The molecule has 3 aromatic rings. The predicted molar refractivity (Wildman–Crippen MR) is 158 cm³/mol. The van der Waals surface area contributed by atoms with E-state index in [1.165, 1.54) is 35.1 Å². The van der Waals surface area contributed by atoms with Crippen LogP contribution in [0.25, 0.3) is 18.2 Å². The molecule has 0 spiro atoms. The summed E-state index contributed by atoms with van der Waals surface area (Å²) < 4.78 is 12.6. The zero-order valence-electron chi connectivity index (χ0n) is 21.8. The first-order valence-corrected chi connectivity index (χ1v) is 14.3. The number of rotatable bonds is 8. The van der Waals surface area contributed by atoms with Crippen molar-refractivity contribution in [2.24, 2.45) is 5.92 Å². The molecule has 0 N–H and O–H groups in total. The highest BCUT2D eigenvalue weighted by atomic mass is 79.9. The molecule has 1 saturated heterocycles. The van der Waals surface area contributed by atoms with Crippen molar-refractivity contribution in [2.75, 3.05) is 32.8 Å². The average Bonchev–Trinajstić information content (AvgIpc) is 3.06. The van der Waals surface area contributed by atoms with Crippen LogP contribution in [0.4, 0.5) is 0 Å². The number of hydrogen-bond donors (Lipinski definition) is 0. The fraction of sp³-hybridized carbons (Fsp3) is 0.333. The first-order chi connectivity index (χ1) is 18.1. The van der Waals surface area contributed by atoms with E-state index in [0.29, 0.717) is 25.0 Å². The van der Waals surface area contributed by atoms with Gasteiger partial charge in [0.15, 0.2) is 0 Å². The molecule has 192 valence electrons. The Balaban J connectivity index is 1.27. The lowest BCUT2D eigenvalue weighted by Crippen LogP contribution is -2.36. The molecule has 0 radical (unpaired) electrons. The number of nitrogens with zero attached hydrogens (tertiary/aromatic N) is 1. The Kier molecular flexibility index (Phi) is 8.48. The van der Waals surface area contributed by atoms with Crippen molar-refractivity contribution < 1.29 is 9.47 Å². The van der Waals surface area contributed by atoms with Gasteiger partial charge in [-0.2, -0.15) is 0 Å². The van der Waals surface area contributed by atoms with Crippen molar-refractivity contribution in [3.05, 3.63) is 99.0 Å². The maximum atomic E-state index is 5.73. The minimum absolute atomic E-state index is 0.426. The lowest BCUT2D eigenvalue weighted by Gasteiger charge is -2.37. The zero-order chi connectivity index (χ0) is 25.6.